The van der Waals surface area contributed by atoms with Gasteiger partial charge >= 0.3 is 0 Å². The van der Waals surface area contributed by atoms with Crippen molar-refractivity contribution in [2.75, 3.05) is 6.54 Å². The maximum atomic E-state index is 13.4. The third-order valence-corrected chi connectivity index (χ3v) is 6.30. The molecule has 1 aliphatic rings. The third kappa shape index (κ3) is 4.00. The van der Waals surface area contributed by atoms with Gasteiger partial charge in [-0.2, -0.15) is 4.98 Å². The minimum atomic E-state index is -0.310. The third-order valence-electron chi connectivity index (χ3n) is 4.92. The van der Waals surface area contributed by atoms with Crippen LogP contribution in [0, 0.1) is 20.8 Å². The Morgan fingerprint density at radius 1 is 1.16 bits per heavy atom. The molecule has 1 amide bonds. The van der Waals surface area contributed by atoms with Crippen LogP contribution in [-0.4, -0.2) is 31.1 Å². The summed E-state index contributed by atoms with van der Waals surface area (Å²) in [5.74, 6) is 0.521. The zero-order valence-corrected chi connectivity index (χ0v) is 19.3. The molecule has 0 radical (unpaired) electrons. The Morgan fingerprint density at radius 3 is 2.52 bits per heavy atom. The number of nitrogens with zero attached hydrogens (tertiary/aromatic N) is 3. The first-order chi connectivity index (χ1) is 14.8. The molecule has 8 heteroatoms. The number of thioether (sulfide) groups is 1. The second-order valence-corrected chi connectivity index (χ2v) is 9.05. The summed E-state index contributed by atoms with van der Waals surface area (Å²) >= 11 is 6.48. The van der Waals surface area contributed by atoms with E-state index in [2.05, 4.69) is 4.98 Å². The number of carbonyl (C=O) groups excluding carboxylic acids is 1. The van der Waals surface area contributed by atoms with Crippen LogP contribution in [0.25, 0.3) is 11.7 Å². The van der Waals surface area contributed by atoms with Crippen molar-refractivity contribution < 1.29 is 9.53 Å². The summed E-state index contributed by atoms with van der Waals surface area (Å²) in [5, 5.41) is 0. The molecule has 0 atom stereocenters. The van der Waals surface area contributed by atoms with Gasteiger partial charge in [0.15, 0.2) is 0 Å². The number of hydrogen-bond donors (Lipinski definition) is 0. The van der Waals surface area contributed by atoms with E-state index >= 15 is 0 Å². The van der Waals surface area contributed by atoms with Crippen LogP contribution in [-0.2, 0) is 4.79 Å². The zero-order valence-electron chi connectivity index (χ0n) is 17.6. The molecule has 0 aliphatic carbocycles. The summed E-state index contributed by atoms with van der Waals surface area (Å²) in [6.07, 6.45) is 3.20. The van der Waals surface area contributed by atoms with E-state index in [4.69, 9.17) is 17.0 Å². The van der Waals surface area contributed by atoms with E-state index in [1.54, 1.807) is 12.3 Å². The second-order valence-electron chi connectivity index (χ2n) is 7.37. The number of likely N-dealkylation sites (N-methyl/N-ethyl adjacent to an activating group) is 1. The fourth-order valence-electron chi connectivity index (χ4n) is 3.50. The number of fused-ring (bicyclic) bond motifs is 1. The summed E-state index contributed by atoms with van der Waals surface area (Å²) in [6.45, 7) is 8.17. The monoisotopic (exact) mass is 451 g/mol. The molecule has 6 nitrogen and oxygen atoms in total. The Balaban J connectivity index is 1.92. The fourth-order valence-corrected chi connectivity index (χ4v) is 4.87. The molecule has 1 aliphatic heterocycles. The lowest BCUT2D eigenvalue weighted by atomic mass is 10.1. The van der Waals surface area contributed by atoms with Gasteiger partial charge in [-0.1, -0.05) is 36.1 Å². The number of ether oxygens (including phenoxy) is 1. The van der Waals surface area contributed by atoms with Crippen LogP contribution < -0.4 is 10.3 Å². The van der Waals surface area contributed by atoms with E-state index in [1.165, 1.54) is 27.1 Å². The number of carbonyl (C=O) groups is 1. The van der Waals surface area contributed by atoms with E-state index in [1.807, 2.05) is 52.0 Å². The fraction of sp³-hybridized carbons (Fsp3) is 0.217. The van der Waals surface area contributed by atoms with Crippen molar-refractivity contribution in [2.24, 2.45) is 0 Å². The normalized spacial score (nSPS) is 15.4. The van der Waals surface area contributed by atoms with Crippen molar-refractivity contribution in [2.45, 2.75) is 27.7 Å². The molecule has 0 bridgehead atoms. The predicted octanol–water partition coefficient (Wildman–Crippen LogP) is 4.63. The van der Waals surface area contributed by atoms with Crippen LogP contribution in [0.1, 0.15) is 29.2 Å². The number of amides is 1. The van der Waals surface area contributed by atoms with Crippen LogP contribution in [0.4, 0.5) is 0 Å². The summed E-state index contributed by atoms with van der Waals surface area (Å²) in [4.78, 5) is 32.6. The van der Waals surface area contributed by atoms with E-state index in [0.29, 0.717) is 27.2 Å². The van der Waals surface area contributed by atoms with Gasteiger partial charge in [0.2, 0.25) is 5.88 Å². The molecule has 0 saturated carbocycles. The average Bonchev–Trinajstić information content (AvgIpc) is 2.97. The smallest absolute Gasteiger partial charge is 0.269 e. The Bertz CT molecular complexity index is 1310. The number of aryl methyl sites for hydroxylation is 3. The highest BCUT2D eigenvalue weighted by molar-refractivity contribution is 8.26. The van der Waals surface area contributed by atoms with E-state index in [9.17, 15) is 9.59 Å². The number of thiocarbonyl (C=S) groups is 1. The van der Waals surface area contributed by atoms with Crippen LogP contribution in [0.2, 0.25) is 0 Å². The number of rotatable bonds is 4. The number of hydrogen-bond acceptors (Lipinski definition) is 6. The Morgan fingerprint density at radius 2 is 1.87 bits per heavy atom. The van der Waals surface area contributed by atoms with Crippen LogP contribution in [0.5, 0.6) is 11.6 Å². The molecule has 0 spiro atoms. The van der Waals surface area contributed by atoms with Gasteiger partial charge in [0, 0.05) is 12.7 Å². The molecule has 31 heavy (non-hydrogen) atoms. The number of aromatic nitrogens is 2. The lowest BCUT2D eigenvalue weighted by molar-refractivity contribution is -0.121. The summed E-state index contributed by atoms with van der Waals surface area (Å²) < 4.78 is 8.05. The Kier molecular flexibility index (Phi) is 5.68. The van der Waals surface area contributed by atoms with Crippen molar-refractivity contribution >= 4 is 45.9 Å². The number of benzene rings is 1. The van der Waals surface area contributed by atoms with Crippen molar-refractivity contribution in [3.05, 3.63) is 74.0 Å². The Labute approximate surface area is 189 Å². The molecule has 1 saturated heterocycles. The van der Waals surface area contributed by atoms with Crippen molar-refractivity contribution in [3.63, 3.8) is 0 Å². The van der Waals surface area contributed by atoms with Gasteiger partial charge in [-0.05, 0) is 68.7 Å². The molecule has 0 unspecified atom stereocenters. The van der Waals surface area contributed by atoms with Gasteiger partial charge in [0.25, 0.3) is 11.5 Å². The van der Waals surface area contributed by atoms with Crippen LogP contribution in [0.3, 0.4) is 0 Å². The number of pyridine rings is 1. The maximum Gasteiger partial charge on any atom is 0.269 e. The average molecular weight is 452 g/mol. The van der Waals surface area contributed by atoms with E-state index in [-0.39, 0.29) is 22.9 Å². The second kappa shape index (κ2) is 8.28. The van der Waals surface area contributed by atoms with Gasteiger partial charge in [0.05, 0.1) is 4.91 Å². The topological polar surface area (TPSA) is 63.9 Å². The highest BCUT2D eigenvalue weighted by Gasteiger charge is 2.31. The van der Waals surface area contributed by atoms with Crippen molar-refractivity contribution in [1.82, 2.24) is 14.3 Å². The first-order valence-corrected chi connectivity index (χ1v) is 11.0. The molecule has 3 heterocycles. The highest BCUT2D eigenvalue weighted by atomic mass is 32.2. The standard InChI is InChI=1S/C23H21N3O3S2/c1-5-25-22(28)18(31-23(25)30)12-17-20(29-16-10-13(2)9-14(3)11-16)24-19-15(4)7-6-8-26(19)21(17)27/h6-12H,5H2,1-4H3/b18-12+. The van der Waals surface area contributed by atoms with Crippen LogP contribution in [0.15, 0.2) is 46.2 Å². The van der Waals surface area contributed by atoms with E-state index < -0.39 is 0 Å². The minimum Gasteiger partial charge on any atom is -0.438 e. The SMILES string of the molecule is CCN1C(=O)/C(=C\c2c(Oc3cc(C)cc(C)c3)nc3c(C)cccn3c2=O)SC1=S. The Hall–Kier alpha value is -2.97. The van der Waals surface area contributed by atoms with Crippen molar-refractivity contribution in [1.29, 1.82) is 0 Å². The molecular formula is C23H21N3O3S2. The largest absolute Gasteiger partial charge is 0.438 e. The zero-order chi connectivity index (χ0) is 22.3. The van der Waals surface area contributed by atoms with Gasteiger partial charge < -0.3 is 4.74 Å². The molecule has 158 valence electrons. The van der Waals surface area contributed by atoms with Crippen molar-refractivity contribution in [3.8, 4) is 11.6 Å². The summed E-state index contributed by atoms with van der Waals surface area (Å²) in [7, 11) is 0. The first-order valence-electron chi connectivity index (χ1n) is 9.82. The quantitative estimate of drug-likeness (QED) is 0.426. The lowest BCUT2D eigenvalue weighted by Crippen LogP contribution is -2.27. The van der Waals surface area contributed by atoms with Gasteiger partial charge in [-0.3, -0.25) is 18.9 Å². The predicted molar refractivity (Wildman–Crippen MR) is 128 cm³/mol. The van der Waals surface area contributed by atoms with Gasteiger partial charge in [0.1, 0.15) is 21.3 Å². The summed E-state index contributed by atoms with van der Waals surface area (Å²) in [5.41, 5.74) is 3.32. The highest BCUT2D eigenvalue weighted by Crippen LogP contribution is 2.34. The minimum absolute atomic E-state index is 0.158. The first kappa shape index (κ1) is 21.3. The summed E-state index contributed by atoms with van der Waals surface area (Å²) in [6, 6.07) is 9.48. The molecule has 4 rings (SSSR count). The molecule has 2 aromatic heterocycles. The molecule has 0 N–H and O–H groups in total. The van der Waals surface area contributed by atoms with Crippen LogP contribution >= 0.6 is 24.0 Å². The van der Waals surface area contributed by atoms with E-state index in [0.717, 1.165) is 16.7 Å². The lowest BCUT2D eigenvalue weighted by Gasteiger charge is -2.12. The molecular weight excluding hydrogens is 430 g/mol. The molecule has 3 aromatic rings. The molecule has 1 fully saturated rings. The van der Waals surface area contributed by atoms with Gasteiger partial charge in [-0.25, -0.2) is 0 Å². The van der Waals surface area contributed by atoms with Gasteiger partial charge in [-0.15, -0.1) is 0 Å². The molecule has 1 aromatic carbocycles. The maximum absolute atomic E-state index is 13.4.